The Hall–Kier alpha value is -2.65. The van der Waals surface area contributed by atoms with Crippen LogP contribution in [-0.2, 0) is 20.6 Å². The minimum atomic E-state index is -3.52. The van der Waals surface area contributed by atoms with E-state index in [1.165, 1.54) is 28.6 Å². The first kappa shape index (κ1) is 22.5. The van der Waals surface area contributed by atoms with E-state index in [2.05, 4.69) is 5.32 Å². The van der Waals surface area contributed by atoms with Crippen molar-refractivity contribution >= 4 is 15.9 Å². The maximum Gasteiger partial charge on any atom is 0.223 e. The van der Waals surface area contributed by atoms with Crippen LogP contribution in [0.4, 0.5) is 4.39 Å². The van der Waals surface area contributed by atoms with E-state index >= 15 is 0 Å². The van der Waals surface area contributed by atoms with Gasteiger partial charge in [-0.15, -0.1) is 0 Å². The van der Waals surface area contributed by atoms with Crippen LogP contribution in [0.1, 0.15) is 36.9 Å². The molecule has 2 aromatic carbocycles. The first-order valence-electron chi connectivity index (χ1n) is 10.7. The number of hydrogen-bond donors (Lipinski definition) is 1. The molecule has 32 heavy (non-hydrogen) atoms. The summed E-state index contributed by atoms with van der Waals surface area (Å²) in [5.41, 5.74) is 1.46. The minimum Gasteiger partial charge on any atom is -0.486 e. The predicted octanol–water partition coefficient (Wildman–Crippen LogP) is 3.02. The summed E-state index contributed by atoms with van der Waals surface area (Å²) in [6.45, 7) is 3.52. The molecule has 9 heteroatoms. The van der Waals surface area contributed by atoms with Gasteiger partial charge >= 0.3 is 0 Å². The molecule has 0 spiro atoms. The zero-order valence-corrected chi connectivity index (χ0v) is 18.7. The Kier molecular flexibility index (Phi) is 6.66. The van der Waals surface area contributed by atoms with Crippen molar-refractivity contribution < 1.29 is 27.1 Å². The van der Waals surface area contributed by atoms with Gasteiger partial charge < -0.3 is 14.8 Å². The second-order valence-corrected chi connectivity index (χ2v) is 10.2. The number of hydrogen-bond acceptors (Lipinski definition) is 5. The Morgan fingerprint density at radius 3 is 2.44 bits per heavy atom. The molecule has 1 fully saturated rings. The van der Waals surface area contributed by atoms with Crippen molar-refractivity contribution in [1.29, 1.82) is 0 Å². The number of rotatable bonds is 6. The average Bonchev–Trinajstić information content (AvgIpc) is 2.80. The molecule has 1 atom stereocenters. The van der Waals surface area contributed by atoms with E-state index in [1.807, 2.05) is 25.1 Å². The van der Waals surface area contributed by atoms with E-state index in [4.69, 9.17) is 9.47 Å². The van der Waals surface area contributed by atoms with Crippen LogP contribution in [-0.4, -0.2) is 44.9 Å². The largest absolute Gasteiger partial charge is 0.486 e. The fourth-order valence-corrected chi connectivity index (χ4v) is 5.59. The lowest BCUT2D eigenvalue weighted by Gasteiger charge is -2.31. The highest BCUT2D eigenvalue weighted by atomic mass is 32.2. The van der Waals surface area contributed by atoms with E-state index in [0.717, 1.165) is 5.56 Å². The number of ether oxygens (including phenoxy) is 2. The van der Waals surface area contributed by atoms with Crippen molar-refractivity contribution in [1.82, 2.24) is 9.62 Å². The number of benzene rings is 2. The fourth-order valence-electron chi connectivity index (χ4n) is 4.02. The summed E-state index contributed by atoms with van der Waals surface area (Å²) in [6.07, 6.45) is 0.921. The van der Waals surface area contributed by atoms with Crippen LogP contribution in [0.15, 0.2) is 42.5 Å². The van der Waals surface area contributed by atoms with Gasteiger partial charge in [0.05, 0.1) is 11.8 Å². The van der Waals surface area contributed by atoms with Gasteiger partial charge in [-0.1, -0.05) is 18.2 Å². The highest BCUT2D eigenvalue weighted by Gasteiger charge is 2.31. The number of sulfonamides is 1. The molecular formula is C23H27FN2O5S. The zero-order chi connectivity index (χ0) is 22.7. The van der Waals surface area contributed by atoms with E-state index in [-0.39, 0.29) is 23.6 Å². The highest BCUT2D eigenvalue weighted by Crippen LogP contribution is 2.33. The standard InChI is InChI=1S/C23H27FN2O5S/c1-16(19-4-7-21-22(14-19)31-13-12-30-21)25-23(27)18-8-10-26(11-9-18)32(28,29)15-17-2-5-20(24)6-3-17/h2-7,14,16,18H,8-13,15H2,1H3,(H,25,27)/t16-/m0/s1. The summed E-state index contributed by atoms with van der Waals surface area (Å²) in [6, 6.07) is 10.9. The number of nitrogens with one attached hydrogen (secondary N) is 1. The van der Waals surface area contributed by atoms with Gasteiger partial charge in [-0.05, 0) is 55.2 Å². The summed E-state index contributed by atoms with van der Waals surface area (Å²) in [5.74, 6) is 0.478. The third kappa shape index (κ3) is 5.21. The molecule has 1 amide bonds. The molecule has 0 bridgehead atoms. The topological polar surface area (TPSA) is 84.9 Å². The van der Waals surface area contributed by atoms with Gasteiger partial charge in [0.15, 0.2) is 11.5 Å². The van der Waals surface area contributed by atoms with Gasteiger partial charge in [0, 0.05) is 19.0 Å². The van der Waals surface area contributed by atoms with Crippen LogP contribution >= 0.6 is 0 Å². The van der Waals surface area contributed by atoms with Crippen LogP contribution in [0.3, 0.4) is 0 Å². The molecule has 0 unspecified atom stereocenters. The molecule has 172 valence electrons. The predicted molar refractivity (Wildman–Crippen MR) is 117 cm³/mol. The number of halogens is 1. The van der Waals surface area contributed by atoms with E-state index in [1.54, 1.807) is 0 Å². The third-order valence-electron chi connectivity index (χ3n) is 5.91. The van der Waals surface area contributed by atoms with Gasteiger partial charge in [0.25, 0.3) is 0 Å². The molecule has 1 N–H and O–H groups in total. The van der Waals surface area contributed by atoms with Crippen molar-refractivity contribution in [3.05, 3.63) is 59.4 Å². The number of fused-ring (bicyclic) bond motifs is 1. The number of carbonyl (C=O) groups excluding carboxylic acids is 1. The Balaban J connectivity index is 1.30. The zero-order valence-electron chi connectivity index (χ0n) is 17.9. The van der Waals surface area contributed by atoms with E-state index in [9.17, 15) is 17.6 Å². The summed E-state index contributed by atoms with van der Waals surface area (Å²) in [4.78, 5) is 12.8. The van der Waals surface area contributed by atoms with Crippen LogP contribution in [0.25, 0.3) is 0 Å². The molecule has 2 aromatic rings. The van der Waals surface area contributed by atoms with E-state index < -0.39 is 15.8 Å². The lowest BCUT2D eigenvalue weighted by atomic mass is 9.96. The Morgan fingerprint density at radius 2 is 1.75 bits per heavy atom. The first-order valence-corrected chi connectivity index (χ1v) is 12.3. The van der Waals surface area contributed by atoms with Gasteiger partial charge in [-0.25, -0.2) is 17.1 Å². The molecule has 0 radical (unpaired) electrons. The normalized spacial score (nSPS) is 18.2. The lowest BCUT2D eigenvalue weighted by Crippen LogP contribution is -2.43. The first-order chi connectivity index (χ1) is 15.3. The molecule has 1 saturated heterocycles. The summed E-state index contributed by atoms with van der Waals surface area (Å²) >= 11 is 0. The average molecular weight is 463 g/mol. The number of piperidine rings is 1. The van der Waals surface area contributed by atoms with Crippen molar-refractivity contribution in [2.75, 3.05) is 26.3 Å². The molecular weight excluding hydrogens is 435 g/mol. The third-order valence-corrected chi connectivity index (χ3v) is 7.76. The summed E-state index contributed by atoms with van der Waals surface area (Å²) < 4.78 is 51.0. The number of amides is 1. The second-order valence-electron chi connectivity index (χ2n) is 8.19. The minimum absolute atomic E-state index is 0.0806. The molecule has 0 aliphatic carbocycles. The Labute approximate surface area is 187 Å². The molecule has 7 nitrogen and oxygen atoms in total. The summed E-state index contributed by atoms with van der Waals surface area (Å²) in [7, 11) is -3.52. The molecule has 2 heterocycles. The maximum absolute atomic E-state index is 13.1. The van der Waals surface area contributed by atoms with Crippen LogP contribution in [0.2, 0.25) is 0 Å². The Bertz CT molecular complexity index is 1070. The van der Waals surface area contributed by atoms with Gasteiger partial charge in [-0.3, -0.25) is 4.79 Å². The highest BCUT2D eigenvalue weighted by molar-refractivity contribution is 7.88. The van der Waals surface area contributed by atoms with Crippen LogP contribution in [0.5, 0.6) is 11.5 Å². The molecule has 0 aromatic heterocycles. The molecule has 2 aliphatic heterocycles. The van der Waals surface area contributed by atoms with Crippen molar-refractivity contribution in [2.45, 2.75) is 31.6 Å². The van der Waals surface area contributed by atoms with Crippen LogP contribution < -0.4 is 14.8 Å². The fraction of sp³-hybridized carbons (Fsp3) is 0.435. The second kappa shape index (κ2) is 9.46. The van der Waals surface area contributed by atoms with E-state index in [0.29, 0.717) is 56.2 Å². The smallest absolute Gasteiger partial charge is 0.223 e. The molecule has 0 saturated carbocycles. The number of nitrogens with zero attached hydrogens (tertiary/aromatic N) is 1. The van der Waals surface area contributed by atoms with Crippen molar-refractivity contribution in [3.8, 4) is 11.5 Å². The summed E-state index contributed by atoms with van der Waals surface area (Å²) in [5, 5.41) is 3.03. The lowest BCUT2D eigenvalue weighted by molar-refractivity contribution is -0.126. The SMILES string of the molecule is C[C@H](NC(=O)C1CCN(S(=O)(=O)Cc2ccc(F)cc2)CC1)c1ccc2c(c1)OCCO2. The Morgan fingerprint density at radius 1 is 1.09 bits per heavy atom. The van der Waals surface area contributed by atoms with Gasteiger partial charge in [0.2, 0.25) is 15.9 Å². The van der Waals surface area contributed by atoms with Crippen molar-refractivity contribution in [2.24, 2.45) is 5.92 Å². The molecule has 2 aliphatic rings. The van der Waals surface area contributed by atoms with Gasteiger partial charge in [-0.2, -0.15) is 0 Å². The maximum atomic E-state index is 13.1. The van der Waals surface area contributed by atoms with Crippen molar-refractivity contribution in [3.63, 3.8) is 0 Å². The van der Waals surface area contributed by atoms with Gasteiger partial charge in [0.1, 0.15) is 19.0 Å². The van der Waals surface area contributed by atoms with Crippen LogP contribution in [0, 0.1) is 11.7 Å². The monoisotopic (exact) mass is 462 g/mol. The molecule has 4 rings (SSSR count). The number of carbonyl (C=O) groups is 1. The quantitative estimate of drug-likeness (QED) is 0.713.